The first-order valence-corrected chi connectivity index (χ1v) is 5.05. The van der Waals surface area contributed by atoms with Crippen LogP contribution in [0.1, 0.15) is 33.1 Å². The minimum absolute atomic E-state index is 0.552. The molecule has 1 rings (SSSR count). The van der Waals surface area contributed by atoms with Crippen molar-refractivity contribution >= 4 is 0 Å². The molecule has 13 heavy (non-hydrogen) atoms. The molecule has 1 saturated heterocycles. The van der Waals surface area contributed by atoms with E-state index in [-0.39, 0.29) is 0 Å². The van der Waals surface area contributed by atoms with Gasteiger partial charge in [0.05, 0.1) is 6.07 Å². The van der Waals surface area contributed by atoms with Crippen LogP contribution in [0, 0.1) is 11.3 Å². The summed E-state index contributed by atoms with van der Waals surface area (Å²) in [6.45, 7) is 6.20. The van der Waals surface area contributed by atoms with Crippen LogP contribution in [0.4, 0.5) is 0 Å². The molecule has 0 saturated carbocycles. The Bertz CT molecular complexity index is 209. The van der Waals surface area contributed by atoms with Gasteiger partial charge in [-0.2, -0.15) is 5.26 Å². The maximum absolute atomic E-state index is 8.92. The van der Waals surface area contributed by atoms with Gasteiger partial charge in [-0.3, -0.25) is 4.90 Å². The lowest BCUT2D eigenvalue weighted by molar-refractivity contribution is 0.133. The monoisotopic (exact) mass is 181 g/mol. The highest BCUT2D eigenvalue weighted by atomic mass is 15.2. The minimum atomic E-state index is -0.596. The van der Waals surface area contributed by atoms with Crippen molar-refractivity contribution in [2.24, 2.45) is 5.73 Å². The normalized spacial score (nSPS) is 32.5. The van der Waals surface area contributed by atoms with Crippen LogP contribution in [0.3, 0.4) is 0 Å². The Hall–Kier alpha value is -0.590. The Kier molecular flexibility index (Phi) is 3.29. The number of likely N-dealkylation sites (tertiary alicyclic amines) is 1. The SMILES string of the molecule is CCC(C)N1CCCC(N)(C#N)C1. The third-order valence-corrected chi connectivity index (χ3v) is 2.99. The van der Waals surface area contributed by atoms with Crippen molar-refractivity contribution in [1.82, 2.24) is 4.90 Å². The molecule has 74 valence electrons. The van der Waals surface area contributed by atoms with Crippen molar-refractivity contribution in [3.05, 3.63) is 0 Å². The average molecular weight is 181 g/mol. The predicted molar refractivity (Wildman–Crippen MR) is 53.1 cm³/mol. The molecular formula is C10H19N3. The molecule has 0 aliphatic carbocycles. The van der Waals surface area contributed by atoms with Gasteiger partial charge in [0.2, 0.25) is 0 Å². The summed E-state index contributed by atoms with van der Waals surface area (Å²) in [4.78, 5) is 2.33. The van der Waals surface area contributed by atoms with Crippen LogP contribution in [0.25, 0.3) is 0 Å². The molecule has 0 spiro atoms. The molecule has 2 atom stereocenters. The van der Waals surface area contributed by atoms with Crippen molar-refractivity contribution in [1.29, 1.82) is 5.26 Å². The summed E-state index contributed by atoms with van der Waals surface area (Å²) in [6.07, 6.45) is 3.02. The number of hydrogen-bond donors (Lipinski definition) is 1. The molecule has 2 N–H and O–H groups in total. The Morgan fingerprint density at radius 2 is 2.38 bits per heavy atom. The van der Waals surface area contributed by atoms with Gasteiger partial charge in [0.1, 0.15) is 5.54 Å². The van der Waals surface area contributed by atoms with E-state index in [4.69, 9.17) is 11.0 Å². The lowest BCUT2D eigenvalue weighted by Crippen LogP contribution is -2.55. The second-order valence-electron chi connectivity index (χ2n) is 4.10. The Balaban J connectivity index is 2.57. The Morgan fingerprint density at radius 3 is 2.92 bits per heavy atom. The van der Waals surface area contributed by atoms with Gasteiger partial charge in [0.25, 0.3) is 0 Å². The summed E-state index contributed by atoms with van der Waals surface area (Å²) in [5, 5.41) is 8.92. The van der Waals surface area contributed by atoms with E-state index >= 15 is 0 Å². The molecule has 1 fully saturated rings. The highest BCUT2D eigenvalue weighted by Gasteiger charge is 2.32. The average Bonchev–Trinajstić information content (AvgIpc) is 2.17. The third-order valence-electron chi connectivity index (χ3n) is 2.99. The maximum Gasteiger partial charge on any atom is 0.117 e. The summed E-state index contributed by atoms with van der Waals surface area (Å²) in [6, 6.07) is 2.78. The molecule has 1 heterocycles. The first-order valence-electron chi connectivity index (χ1n) is 5.05. The van der Waals surface area contributed by atoms with Gasteiger partial charge in [-0.15, -0.1) is 0 Å². The molecule has 0 aromatic heterocycles. The maximum atomic E-state index is 8.92. The van der Waals surface area contributed by atoms with Crippen LogP contribution >= 0.6 is 0 Å². The van der Waals surface area contributed by atoms with E-state index in [1.165, 1.54) is 0 Å². The quantitative estimate of drug-likeness (QED) is 0.694. The molecule has 3 nitrogen and oxygen atoms in total. The molecule has 0 aromatic rings. The van der Waals surface area contributed by atoms with Crippen molar-refractivity contribution in [2.75, 3.05) is 13.1 Å². The Labute approximate surface area is 80.5 Å². The fourth-order valence-electron chi connectivity index (χ4n) is 1.84. The number of nitrogens with two attached hydrogens (primary N) is 1. The Morgan fingerprint density at radius 1 is 1.69 bits per heavy atom. The molecule has 0 radical (unpaired) electrons. The van der Waals surface area contributed by atoms with Crippen LogP contribution in [-0.2, 0) is 0 Å². The predicted octanol–water partition coefficient (Wildman–Crippen LogP) is 1.10. The van der Waals surface area contributed by atoms with Gasteiger partial charge >= 0.3 is 0 Å². The minimum Gasteiger partial charge on any atom is -0.312 e. The van der Waals surface area contributed by atoms with Crippen molar-refractivity contribution in [2.45, 2.75) is 44.7 Å². The van der Waals surface area contributed by atoms with Crippen molar-refractivity contribution < 1.29 is 0 Å². The number of rotatable bonds is 2. The van der Waals surface area contributed by atoms with Crippen molar-refractivity contribution in [3.63, 3.8) is 0 Å². The topological polar surface area (TPSA) is 53.0 Å². The molecule has 0 aromatic carbocycles. The standard InChI is InChI=1S/C10H19N3/c1-3-9(2)13-6-4-5-10(12,7-11)8-13/h9H,3-6,8,12H2,1-2H3. The molecular weight excluding hydrogens is 162 g/mol. The zero-order valence-electron chi connectivity index (χ0n) is 8.58. The smallest absolute Gasteiger partial charge is 0.117 e. The van der Waals surface area contributed by atoms with Gasteiger partial charge in [0.15, 0.2) is 0 Å². The number of nitrogens with zero attached hydrogens (tertiary/aromatic N) is 2. The van der Waals surface area contributed by atoms with Crippen LogP contribution in [0.5, 0.6) is 0 Å². The fourth-order valence-corrected chi connectivity index (χ4v) is 1.84. The molecule has 3 heteroatoms. The van der Waals surface area contributed by atoms with Crippen molar-refractivity contribution in [3.8, 4) is 6.07 Å². The van der Waals surface area contributed by atoms with Crippen LogP contribution in [0.2, 0.25) is 0 Å². The summed E-state index contributed by atoms with van der Waals surface area (Å²) in [5.41, 5.74) is 5.34. The number of nitriles is 1. The summed E-state index contributed by atoms with van der Waals surface area (Å²) < 4.78 is 0. The zero-order chi connectivity index (χ0) is 9.90. The summed E-state index contributed by atoms with van der Waals surface area (Å²) in [5.74, 6) is 0. The van der Waals surface area contributed by atoms with E-state index < -0.39 is 5.54 Å². The van der Waals surface area contributed by atoms with E-state index in [9.17, 15) is 0 Å². The second kappa shape index (κ2) is 4.08. The second-order valence-corrected chi connectivity index (χ2v) is 4.10. The first kappa shape index (κ1) is 10.5. The lowest BCUT2D eigenvalue weighted by atomic mass is 9.91. The van der Waals surface area contributed by atoms with Gasteiger partial charge in [-0.25, -0.2) is 0 Å². The largest absolute Gasteiger partial charge is 0.312 e. The molecule has 0 bridgehead atoms. The number of hydrogen-bond acceptors (Lipinski definition) is 3. The van der Waals surface area contributed by atoms with E-state index in [0.29, 0.717) is 6.04 Å². The molecule has 1 aliphatic rings. The van der Waals surface area contributed by atoms with E-state index in [2.05, 4.69) is 24.8 Å². The van der Waals surface area contributed by atoms with E-state index in [1.807, 2.05) is 0 Å². The van der Waals surface area contributed by atoms with Crippen LogP contribution in [-0.4, -0.2) is 29.6 Å². The van der Waals surface area contributed by atoms with Gasteiger partial charge < -0.3 is 5.73 Å². The fraction of sp³-hybridized carbons (Fsp3) is 0.900. The number of piperidine rings is 1. The lowest BCUT2D eigenvalue weighted by Gasteiger charge is -2.38. The summed E-state index contributed by atoms with van der Waals surface area (Å²) >= 11 is 0. The molecule has 0 amide bonds. The zero-order valence-corrected chi connectivity index (χ0v) is 8.58. The first-order chi connectivity index (χ1) is 6.11. The summed E-state index contributed by atoms with van der Waals surface area (Å²) in [7, 11) is 0. The van der Waals surface area contributed by atoms with E-state index in [0.717, 1.165) is 32.4 Å². The third kappa shape index (κ3) is 2.43. The van der Waals surface area contributed by atoms with E-state index in [1.54, 1.807) is 0 Å². The van der Waals surface area contributed by atoms with Gasteiger partial charge in [-0.1, -0.05) is 6.92 Å². The van der Waals surface area contributed by atoms with Crippen LogP contribution < -0.4 is 5.73 Å². The molecule has 1 aliphatic heterocycles. The van der Waals surface area contributed by atoms with Gasteiger partial charge in [-0.05, 0) is 32.7 Å². The highest BCUT2D eigenvalue weighted by Crippen LogP contribution is 2.20. The van der Waals surface area contributed by atoms with Gasteiger partial charge in [0, 0.05) is 12.6 Å². The molecule has 2 unspecified atom stereocenters. The van der Waals surface area contributed by atoms with Crippen LogP contribution in [0.15, 0.2) is 0 Å². The highest BCUT2D eigenvalue weighted by molar-refractivity contribution is 5.08.